The van der Waals surface area contributed by atoms with Crippen molar-refractivity contribution in [3.8, 4) is 0 Å². The number of hydrogen-bond acceptors (Lipinski definition) is 6. The molecule has 1 aliphatic rings. The van der Waals surface area contributed by atoms with E-state index in [0.29, 0.717) is 0 Å². The Hall–Kier alpha value is -1.03. The van der Waals surface area contributed by atoms with Crippen molar-refractivity contribution in [3.63, 3.8) is 0 Å². The summed E-state index contributed by atoms with van der Waals surface area (Å²) in [4.78, 5) is 24.4. The van der Waals surface area contributed by atoms with E-state index in [-0.39, 0.29) is 56.3 Å². The zero-order valence-corrected chi connectivity index (χ0v) is 16.2. The average Bonchev–Trinajstić information content (AvgIpc) is 2.45. The summed E-state index contributed by atoms with van der Waals surface area (Å²) in [6.07, 6.45) is 0. The van der Waals surface area contributed by atoms with Crippen LogP contribution >= 0.6 is 15.9 Å². The first-order valence-corrected chi connectivity index (χ1v) is 8.20. The third kappa shape index (κ3) is 2.79. The van der Waals surface area contributed by atoms with E-state index in [4.69, 9.17) is 5.73 Å². The van der Waals surface area contributed by atoms with Crippen molar-refractivity contribution in [1.29, 1.82) is 0 Å². The second kappa shape index (κ2) is 6.12. The standard InChI is InChI=1S/C14H8BrNO5S.Na/c15-8-5-9(22(19,20)21)12(16)11-10(8)13(17)6-3-1-2-4-7(6)14(11)18;/h1-5H,16H2,(H,19,20,21);/q;+1/p-1. The van der Waals surface area contributed by atoms with Gasteiger partial charge in [0.1, 0.15) is 10.1 Å². The molecule has 0 fully saturated rings. The van der Waals surface area contributed by atoms with Gasteiger partial charge < -0.3 is 10.3 Å². The number of benzene rings is 2. The van der Waals surface area contributed by atoms with Crippen molar-refractivity contribution in [2.45, 2.75) is 4.90 Å². The molecule has 0 atom stereocenters. The Labute approximate surface area is 162 Å². The summed E-state index contributed by atoms with van der Waals surface area (Å²) in [6.45, 7) is 0. The van der Waals surface area contributed by atoms with E-state index in [1.165, 1.54) is 12.1 Å². The summed E-state index contributed by atoms with van der Waals surface area (Å²) >= 11 is 3.05. The van der Waals surface area contributed by atoms with Gasteiger partial charge in [-0.1, -0.05) is 24.3 Å². The molecule has 0 aromatic heterocycles. The van der Waals surface area contributed by atoms with E-state index in [0.717, 1.165) is 6.07 Å². The minimum Gasteiger partial charge on any atom is -0.744 e. The zero-order chi connectivity index (χ0) is 16.2. The largest absolute Gasteiger partial charge is 1.00 e. The molecular weight excluding hydrogens is 397 g/mol. The molecule has 3 rings (SSSR count). The molecule has 0 amide bonds. The summed E-state index contributed by atoms with van der Waals surface area (Å²) < 4.78 is 33.9. The summed E-state index contributed by atoms with van der Waals surface area (Å²) in [6, 6.07) is 7.09. The van der Waals surface area contributed by atoms with Gasteiger partial charge >= 0.3 is 29.6 Å². The van der Waals surface area contributed by atoms with E-state index < -0.39 is 32.3 Å². The molecule has 0 heterocycles. The maximum Gasteiger partial charge on any atom is 1.00 e. The summed E-state index contributed by atoms with van der Waals surface area (Å²) in [5.74, 6) is -1.05. The van der Waals surface area contributed by atoms with Gasteiger partial charge in [-0.25, -0.2) is 8.42 Å². The van der Waals surface area contributed by atoms with E-state index in [2.05, 4.69) is 15.9 Å². The Balaban J connectivity index is 0.00000192. The van der Waals surface area contributed by atoms with Gasteiger partial charge in [0.15, 0.2) is 11.6 Å². The van der Waals surface area contributed by atoms with Gasteiger partial charge in [-0.05, 0) is 22.0 Å². The second-order valence-corrected chi connectivity index (χ2v) is 6.88. The number of hydrogen-bond donors (Lipinski definition) is 1. The molecule has 2 N–H and O–H groups in total. The van der Waals surface area contributed by atoms with Crippen LogP contribution in [0.5, 0.6) is 0 Å². The molecule has 2 aromatic carbocycles. The van der Waals surface area contributed by atoms with Crippen molar-refractivity contribution >= 4 is 43.3 Å². The molecule has 0 unspecified atom stereocenters. The number of fused-ring (bicyclic) bond motifs is 2. The molecule has 0 radical (unpaired) electrons. The monoisotopic (exact) mass is 403 g/mol. The Bertz CT molecular complexity index is 971. The van der Waals surface area contributed by atoms with Crippen LogP contribution in [0, 0.1) is 0 Å². The van der Waals surface area contributed by atoms with Gasteiger partial charge in [-0.3, -0.25) is 9.59 Å². The number of rotatable bonds is 1. The van der Waals surface area contributed by atoms with Crippen molar-refractivity contribution in [1.82, 2.24) is 0 Å². The topological polar surface area (TPSA) is 117 Å². The van der Waals surface area contributed by atoms with Crippen LogP contribution in [0.3, 0.4) is 0 Å². The Kier molecular flexibility index (Phi) is 4.87. The number of ketones is 2. The molecule has 2 aromatic rings. The first-order chi connectivity index (χ1) is 10.2. The third-order valence-electron chi connectivity index (χ3n) is 3.42. The summed E-state index contributed by atoms with van der Waals surface area (Å²) in [7, 11) is -4.88. The van der Waals surface area contributed by atoms with Gasteiger partial charge in [-0.15, -0.1) is 0 Å². The molecule has 0 aliphatic heterocycles. The summed E-state index contributed by atoms with van der Waals surface area (Å²) in [5, 5.41) is 0. The number of anilines is 1. The molecule has 6 nitrogen and oxygen atoms in total. The van der Waals surface area contributed by atoms with Gasteiger partial charge in [0.05, 0.1) is 21.7 Å². The molecule has 112 valence electrons. The number of nitrogens with two attached hydrogens (primary N) is 1. The number of halogens is 1. The van der Waals surface area contributed by atoms with E-state index in [9.17, 15) is 22.6 Å². The van der Waals surface area contributed by atoms with Crippen LogP contribution < -0.4 is 35.3 Å². The van der Waals surface area contributed by atoms with Crippen LogP contribution in [0.1, 0.15) is 31.8 Å². The van der Waals surface area contributed by atoms with Crippen LogP contribution in [0.4, 0.5) is 5.69 Å². The van der Waals surface area contributed by atoms with Crippen LogP contribution in [0.2, 0.25) is 0 Å². The van der Waals surface area contributed by atoms with Crippen molar-refractivity contribution in [2.75, 3.05) is 5.73 Å². The van der Waals surface area contributed by atoms with Crippen molar-refractivity contribution in [3.05, 3.63) is 57.1 Å². The second-order valence-electron chi connectivity index (χ2n) is 4.68. The molecule has 1 aliphatic carbocycles. The van der Waals surface area contributed by atoms with E-state index in [1.54, 1.807) is 12.1 Å². The van der Waals surface area contributed by atoms with Crippen LogP contribution in [0.15, 0.2) is 39.7 Å². The number of carbonyl (C=O) groups excluding carboxylic acids is 2. The predicted octanol–water partition coefficient (Wildman–Crippen LogP) is -1.29. The van der Waals surface area contributed by atoms with Gasteiger partial charge in [0.25, 0.3) is 0 Å². The smallest absolute Gasteiger partial charge is 0.744 e. The predicted molar refractivity (Wildman–Crippen MR) is 79.8 cm³/mol. The first kappa shape index (κ1) is 18.3. The normalized spacial score (nSPS) is 13.1. The first-order valence-electron chi connectivity index (χ1n) is 5.99. The van der Waals surface area contributed by atoms with Gasteiger partial charge in [0.2, 0.25) is 0 Å². The Morgan fingerprint density at radius 3 is 1.96 bits per heavy atom. The van der Waals surface area contributed by atoms with Crippen molar-refractivity contribution < 1.29 is 52.1 Å². The van der Waals surface area contributed by atoms with Crippen LogP contribution in [-0.4, -0.2) is 24.5 Å². The third-order valence-corrected chi connectivity index (χ3v) is 4.92. The van der Waals surface area contributed by atoms with E-state index in [1.807, 2.05) is 0 Å². The molecule has 0 bridgehead atoms. The van der Waals surface area contributed by atoms with Gasteiger partial charge in [-0.2, -0.15) is 0 Å². The maximum absolute atomic E-state index is 12.6. The fourth-order valence-corrected chi connectivity index (χ4v) is 3.85. The molecule has 9 heteroatoms. The van der Waals surface area contributed by atoms with Crippen molar-refractivity contribution in [2.24, 2.45) is 0 Å². The Morgan fingerprint density at radius 1 is 1.00 bits per heavy atom. The molecule has 0 saturated heterocycles. The van der Waals surface area contributed by atoms with Gasteiger partial charge in [0, 0.05) is 15.6 Å². The molecule has 0 spiro atoms. The van der Waals surface area contributed by atoms with Crippen LogP contribution in [0.25, 0.3) is 0 Å². The zero-order valence-electron chi connectivity index (χ0n) is 11.8. The molecule has 23 heavy (non-hydrogen) atoms. The number of nitrogen functional groups attached to an aromatic ring is 1. The fraction of sp³-hybridized carbons (Fsp3) is 0. The SMILES string of the molecule is Nc1c(S(=O)(=O)[O-])cc(Br)c2c1C(=O)c1ccccc1C2=O.[Na+]. The maximum atomic E-state index is 12.6. The fourth-order valence-electron chi connectivity index (χ4n) is 2.46. The minimum atomic E-state index is -4.88. The van der Waals surface area contributed by atoms with Crippen LogP contribution in [-0.2, 0) is 10.1 Å². The minimum absolute atomic E-state index is 0. The quantitative estimate of drug-likeness (QED) is 0.307. The number of carbonyl (C=O) groups is 2. The Morgan fingerprint density at radius 2 is 1.48 bits per heavy atom. The average molecular weight is 404 g/mol. The van der Waals surface area contributed by atoms with E-state index >= 15 is 0 Å². The molecule has 0 saturated carbocycles. The summed E-state index contributed by atoms with van der Waals surface area (Å²) in [5.41, 5.74) is 5.24. The molecular formula is C14H7BrNNaO5S.